The Balaban J connectivity index is 1.73. The van der Waals surface area contributed by atoms with Gasteiger partial charge in [-0.2, -0.15) is 5.10 Å². The summed E-state index contributed by atoms with van der Waals surface area (Å²) in [6.45, 7) is 0. The number of para-hydroxylation sites is 2. The van der Waals surface area contributed by atoms with Gasteiger partial charge in [-0.1, -0.05) is 36.4 Å². The third kappa shape index (κ3) is 3.96. The molecule has 0 saturated heterocycles. The molecule has 29 heavy (non-hydrogen) atoms. The summed E-state index contributed by atoms with van der Waals surface area (Å²) in [4.78, 5) is 21.7. The number of methoxy groups -OCH3 is 1. The van der Waals surface area contributed by atoms with E-state index in [1.807, 2.05) is 60.7 Å². The number of pyridine rings is 2. The molecule has 2 heterocycles. The smallest absolute Gasteiger partial charge is 0.272 e. The fraction of sp³-hybridized carbons (Fsp3) is 0.0435. The van der Waals surface area contributed by atoms with Gasteiger partial charge in [0, 0.05) is 17.1 Å². The Bertz CT molecular complexity index is 1190. The first-order valence-electron chi connectivity index (χ1n) is 9.04. The molecule has 0 aliphatic rings. The second-order valence-electron chi connectivity index (χ2n) is 6.23. The third-order valence-corrected chi connectivity index (χ3v) is 4.39. The van der Waals surface area contributed by atoms with Gasteiger partial charge in [0.1, 0.15) is 5.75 Å². The molecule has 0 atom stereocenters. The van der Waals surface area contributed by atoms with E-state index in [2.05, 4.69) is 15.5 Å². The highest BCUT2D eigenvalue weighted by Gasteiger charge is 2.15. The Labute approximate surface area is 167 Å². The normalized spacial score (nSPS) is 10.9. The first-order valence-corrected chi connectivity index (χ1v) is 9.04. The van der Waals surface area contributed by atoms with Gasteiger partial charge < -0.3 is 4.74 Å². The van der Waals surface area contributed by atoms with Crippen LogP contribution in [0, 0.1) is 0 Å². The lowest BCUT2D eigenvalue weighted by molar-refractivity contribution is 0.0956. The van der Waals surface area contributed by atoms with Gasteiger partial charge in [-0.3, -0.25) is 9.78 Å². The summed E-state index contributed by atoms with van der Waals surface area (Å²) in [5.41, 5.74) is 5.90. The first kappa shape index (κ1) is 18.3. The van der Waals surface area contributed by atoms with E-state index in [0.717, 1.165) is 16.5 Å². The van der Waals surface area contributed by atoms with Crippen LogP contribution < -0.4 is 10.2 Å². The molecule has 2 aromatic carbocycles. The monoisotopic (exact) mass is 382 g/mol. The number of aromatic nitrogens is 2. The molecule has 0 spiro atoms. The molecule has 0 bridgehead atoms. The number of hydrogen-bond donors (Lipinski definition) is 1. The zero-order chi connectivity index (χ0) is 20.1. The lowest BCUT2D eigenvalue weighted by Gasteiger charge is -2.11. The summed E-state index contributed by atoms with van der Waals surface area (Å²) >= 11 is 0. The van der Waals surface area contributed by atoms with Crippen molar-refractivity contribution in [2.45, 2.75) is 0 Å². The molecule has 2 aromatic heterocycles. The van der Waals surface area contributed by atoms with Crippen LogP contribution in [0.15, 0.2) is 84.1 Å². The molecular formula is C23H18N4O2. The quantitative estimate of drug-likeness (QED) is 0.417. The summed E-state index contributed by atoms with van der Waals surface area (Å²) < 4.78 is 5.46. The maximum Gasteiger partial charge on any atom is 0.272 e. The van der Waals surface area contributed by atoms with Crippen LogP contribution in [0.2, 0.25) is 0 Å². The van der Waals surface area contributed by atoms with Crippen LogP contribution in [0.3, 0.4) is 0 Å². The minimum Gasteiger partial charge on any atom is -0.496 e. The van der Waals surface area contributed by atoms with Crippen LogP contribution in [0.25, 0.3) is 22.2 Å². The van der Waals surface area contributed by atoms with Gasteiger partial charge in [0.2, 0.25) is 0 Å². The number of hydrazone groups is 1. The fourth-order valence-electron chi connectivity index (χ4n) is 3.03. The summed E-state index contributed by atoms with van der Waals surface area (Å²) in [7, 11) is 1.61. The Morgan fingerprint density at radius 1 is 1.03 bits per heavy atom. The van der Waals surface area contributed by atoms with E-state index in [0.29, 0.717) is 22.7 Å². The number of carbonyl (C=O) groups is 1. The zero-order valence-corrected chi connectivity index (χ0v) is 15.7. The molecule has 0 saturated carbocycles. The van der Waals surface area contributed by atoms with E-state index < -0.39 is 0 Å². The molecule has 0 radical (unpaired) electrons. The van der Waals surface area contributed by atoms with Gasteiger partial charge in [-0.05, 0) is 36.4 Å². The average Bonchev–Trinajstić information content (AvgIpc) is 2.79. The number of nitrogens with one attached hydrogen (secondary N) is 1. The van der Waals surface area contributed by atoms with E-state index in [-0.39, 0.29) is 5.91 Å². The number of rotatable bonds is 5. The van der Waals surface area contributed by atoms with Gasteiger partial charge in [0.05, 0.1) is 35.8 Å². The van der Waals surface area contributed by atoms with E-state index >= 15 is 0 Å². The highest BCUT2D eigenvalue weighted by molar-refractivity contribution is 6.07. The highest BCUT2D eigenvalue weighted by atomic mass is 16.5. The Morgan fingerprint density at radius 3 is 2.66 bits per heavy atom. The van der Waals surface area contributed by atoms with Crippen LogP contribution >= 0.6 is 0 Å². The Kier molecular flexibility index (Phi) is 5.25. The summed E-state index contributed by atoms with van der Waals surface area (Å²) in [6.07, 6.45) is 3.17. The molecule has 0 aliphatic carbocycles. The SMILES string of the molecule is COc1ccccc1-c1cc(C(=O)NN=Cc2ccccn2)c2ccccc2n1. The maximum atomic E-state index is 12.9. The maximum absolute atomic E-state index is 12.9. The van der Waals surface area contributed by atoms with Gasteiger partial charge in [-0.15, -0.1) is 0 Å². The summed E-state index contributed by atoms with van der Waals surface area (Å²) in [5, 5.41) is 4.78. The minimum absolute atomic E-state index is 0.327. The van der Waals surface area contributed by atoms with Gasteiger partial charge in [0.25, 0.3) is 5.91 Å². The number of nitrogens with zero attached hydrogens (tertiary/aromatic N) is 3. The zero-order valence-electron chi connectivity index (χ0n) is 15.7. The molecule has 0 aliphatic heterocycles. The third-order valence-electron chi connectivity index (χ3n) is 4.39. The van der Waals surface area contributed by atoms with Crippen LogP contribution in [-0.4, -0.2) is 29.2 Å². The lowest BCUT2D eigenvalue weighted by Crippen LogP contribution is -2.18. The molecule has 6 nitrogen and oxygen atoms in total. The van der Waals surface area contributed by atoms with Crippen molar-refractivity contribution < 1.29 is 9.53 Å². The largest absolute Gasteiger partial charge is 0.496 e. The van der Waals surface area contributed by atoms with Crippen molar-refractivity contribution in [1.29, 1.82) is 0 Å². The van der Waals surface area contributed by atoms with Crippen molar-refractivity contribution in [1.82, 2.24) is 15.4 Å². The van der Waals surface area contributed by atoms with Crippen molar-refractivity contribution in [3.05, 3.63) is 90.3 Å². The van der Waals surface area contributed by atoms with Crippen LogP contribution in [0.5, 0.6) is 5.75 Å². The molecular weight excluding hydrogens is 364 g/mol. The standard InChI is InChI=1S/C23H18N4O2/c1-29-22-12-5-3-10-18(22)21-14-19(17-9-2-4-11-20(17)26-21)23(28)27-25-15-16-8-6-7-13-24-16/h2-15H,1H3,(H,27,28). The molecule has 6 heteroatoms. The van der Waals surface area contributed by atoms with Gasteiger partial charge >= 0.3 is 0 Å². The minimum atomic E-state index is -0.327. The summed E-state index contributed by atoms with van der Waals surface area (Å²) in [6, 6.07) is 22.3. The molecule has 1 N–H and O–H groups in total. The molecule has 4 aromatic rings. The Morgan fingerprint density at radius 2 is 1.83 bits per heavy atom. The van der Waals surface area contributed by atoms with Crippen LogP contribution in [0.4, 0.5) is 0 Å². The second kappa shape index (κ2) is 8.31. The van der Waals surface area contributed by atoms with E-state index in [1.54, 1.807) is 25.4 Å². The molecule has 0 unspecified atom stereocenters. The van der Waals surface area contributed by atoms with Crippen molar-refractivity contribution in [2.24, 2.45) is 5.10 Å². The predicted molar refractivity (Wildman–Crippen MR) is 113 cm³/mol. The van der Waals surface area contributed by atoms with E-state index in [1.165, 1.54) is 6.21 Å². The van der Waals surface area contributed by atoms with E-state index in [9.17, 15) is 4.79 Å². The molecule has 1 amide bonds. The Hall–Kier alpha value is -4.06. The van der Waals surface area contributed by atoms with Crippen molar-refractivity contribution in [3.63, 3.8) is 0 Å². The number of ether oxygens (including phenoxy) is 1. The lowest BCUT2D eigenvalue weighted by atomic mass is 10.0. The topological polar surface area (TPSA) is 76.5 Å². The molecule has 142 valence electrons. The second-order valence-corrected chi connectivity index (χ2v) is 6.23. The fourth-order valence-corrected chi connectivity index (χ4v) is 3.03. The number of fused-ring (bicyclic) bond motifs is 1. The molecule has 0 fully saturated rings. The van der Waals surface area contributed by atoms with Gasteiger partial charge in [0.15, 0.2) is 0 Å². The van der Waals surface area contributed by atoms with E-state index in [4.69, 9.17) is 9.72 Å². The highest BCUT2D eigenvalue weighted by Crippen LogP contribution is 2.31. The van der Waals surface area contributed by atoms with Crippen molar-refractivity contribution in [3.8, 4) is 17.0 Å². The van der Waals surface area contributed by atoms with Crippen molar-refractivity contribution >= 4 is 23.0 Å². The van der Waals surface area contributed by atoms with Crippen molar-refractivity contribution in [2.75, 3.05) is 7.11 Å². The van der Waals surface area contributed by atoms with Gasteiger partial charge in [-0.25, -0.2) is 10.4 Å². The number of benzene rings is 2. The predicted octanol–water partition coefficient (Wildman–Crippen LogP) is 4.07. The van der Waals surface area contributed by atoms with Crippen LogP contribution in [-0.2, 0) is 0 Å². The summed E-state index contributed by atoms with van der Waals surface area (Å²) in [5.74, 6) is 0.363. The molecule has 4 rings (SSSR count). The average molecular weight is 382 g/mol. The van der Waals surface area contributed by atoms with Crippen LogP contribution in [0.1, 0.15) is 16.1 Å². The number of carbonyl (C=O) groups excluding carboxylic acids is 1. The first-order chi connectivity index (χ1) is 14.3. The number of amides is 1. The number of hydrogen-bond acceptors (Lipinski definition) is 5.